The first kappa shape index (κ1) is 20.4. The summed E-state index contributed by atoms with van der Waals surface area (Å²) in [5.74, 6) is -0.223. The summed E-state index contributed by atoms with van der Waals surface area (Å²) < 4.78 is 0. The fraction of sp³-hybridized carbons (Fsp3) is 0.0909. The second-order valence-corrected chi connectivity index (χ2v) is 8.78. The molecule has 0 fully saturated rings. The minimum absolute atomic E-state index is 0.158. The minimum Gasteiger partial charge on any atom is -0.273 e. The molecule has 0 unspecified atom stereocenters. The second-order valence-electron chi connectivity index (χ2n) is 6.46. The average molecular weight is 453 g/mol. The molecule has 4 rings (SSSR count). The van der Waals surface area contributed by atoms with E-state index in [1.807, 2.05) is 66.9 Å². The van der Waals surface area contributed by atoms with Gasteiger partial charge in [-0.25, -0.2) is 15.4 Å². The molecule has 0 atom stereocenters. The quantitative estimate of drug-likeness (QED) is 0.306. The molecule has 4 aromatic rings. The maximum atomic E-state index is 12.2. The molecule has 8 heteroatoms. The van der Waals surface area contributed by atoms with E-state index in [-0.39, 0.29) is 12.3 Å². The third-order valence-corrected chi connectivity index (χ3v) is 6.51. The lowest BCUT2D eigenvalue weighted by atomic mass is 10.2. The highest BCUT2D eigenvalue weighted by Crippen LogP contribution is 2.27. The van der Waals surface area contributed by atoms with Crippen molar-refractivity contribution in [3.05, 3.63) is 81.3 Å². The Labute approximate surface area is 187 Å². The van der Waals surface area contributed by atoms with Crippen LogP contribution in [-0.4, -0.2) is 22.1 Å². The van der Waals surface area contributed by atoms with Crippen LogP contribution < -0.4 is 5.43 Å². The largest absolute Gasteiger partial charge is 0.273 e. The van der Waals surface area contributed by atoms with E-state index in [1.165, 1.54) is 22.7 Å². The number of nitrogens with one attached hydrogen (secondary N) is 1. The Hall–Kier alpha value is -2.87. The molecule has 5 nitrogen and oxygen atoms in total. The molecule has 0 radical (unpaired) electrons. The van der Waals surface area contributed by atoms with Gasteiger partial charge < -0.3 is 0 Å². The van der Waals surface area contributed by atoms with E-state index in [2.05, 4.69) is 20.5 Å². The molecule has 30 heavy (non-hydrogen) atoms. The summed E-state index contributed by atoms with van der Waals surface area (Å²) in [6, 6.07) is 17.5. The van der Waals surface area contributed by atoms with Gasteiger partial charge in [-0.3, -0.25) is 4.79 Å². The predicted molar refractivity (Wildman–Crippen MR) is 124 cm³/mol. The zero-order valence-corrected chi connectivity index (χ0v) is 18.4. The van der Waals surface area contributed by atoms with Crippen LogP contribution in [0.25, 0.3) is 21.1 Å². The van der Waals surface area contributed by atoms with Crippen LogP contribution in [0.15, 0.2) is 65.1 Å². The Kier molecular flexibility index (Phi) is 6.32. The molecule has 0 spiro atoms. The Morgan fingerprint density at radius 3 is 2.70 bits per heavy atom. The van der Waals surface area contributed by atoms with E-state index in [1.54, 1.807) is 6.21 Å². The first-order valence-electron chi connectivity index (χ1n) is 9.13. The molecule has 0 bridgehead atoms. The van der Waals surface area contributed by atoms with Crippen LogP contribution in [0.4, 0.5) is 0 Å². The molecule has 150 valence electrons. The third-order valence-electron chi connectivity index (χ3n) is 4.19. The van der Waals surface area contributed by atoms with Crippen molar-refractivity contribution in [2.45, 2.75) is 13.3 Å². The van der Waals surface area contributed by atoms with Crippen LogP contribution in [0.2, 0.25) is 5.02 Å². The molecule has 2 heterocycles. The number of amides is 1. The summed E-state index contributed by atoms with van der Waals surface area (Å²) in [6.07, 6.45) is 1.79. The van der Waals surface area contributed by atoms with Crippen LogP contribution in [0.3, 0.4) is 0 Å². The van der Waals surface area contributed by atoms with Crippen molar-refractivity contribution in [1.82, 2.24) is 15.4 Å². The number of hydrogen-bond donors (Lipinski definition) is 1. The second kappa shape index (κ2) is 9.30. The molecule has 0 saturated heterocycles. The molecule has 2 aromatic heterocycles. The van der Waals surface area contributed by atoms with Gasteiger partial charge in [-0.2, -0.15) is 5.10 Å². The van der Waals surface area contributed by atoms with Crippen LogP contribution in [0.5, 0.6) is 0 Å². The summed E-state index contributed by atoms with van der Waals surface area (Å²) >= 11 is 9.05. The Balaban J connectivity index is 1.36. The summed E-state index contributed by atoms with van der Waals surface area (Å²) in [5.41, 5.74) is 6.14. The molecule has 0 aliphatic rings. The number of benzene rings is 2. The smallest absolute Gasteiger partial charge is 0.246 e. The summed E-state index contributed by atoms with van der Waals surface area (Å²) in [7, 11) is 0. The lowest BCUT2D eigenvalue weighted by Crippen LogP contribution is -2.19. The van der Waals surface area contributed by atoms with Crippen molar-refractivity contribution in [3.63, 3.8) is 0 Å². The van der Waals surface area contributed by atoms with Gasteiger partial charge >= 0.3 is 0 Å². The van der Waals surface area contributed by atoms with Crippen LogP contribution in [0, 0.1) is 6.92 Å². The topological polar surface area (TPSA) is 67.2 Å². The number of hydrazone groups is 1. The highest BCUT2D eigenvalue weighted by molar-refractivity contribution is 7.16. The first-order valence-corrected chi connectivity index (χ1v) is 11.2. The van der Waals surface area contributed by atoms with Crippen LogP contribution in [-0.2, 0) is 11.2 Å². The number of carbonyl (C=O) groups excluding carboxylic acids is 1. The number of aryl methyl sites for hydroxylation is 1. The Morgan fingerprint density at radius 1 is 1.10 bits per heavy atom. The number of carbonyl (C=O) groups is 1. The van der Waals surface area contributed by atoms with Gasteiger partial charge in [-0.1, -0.05) is 54.1 Å². The molecule has 0 aliphatic heterocycles. The van der Waals surface area contributed by atoms with E-state index in [4.69, 9.17) is 11.6 Å². The molecular weight excluding hydrogens is 436 g/mol. The standard InChI is InChI=1S/C22H17ClN4OS2/c1-14-19(30-22(25-14)15-6-3-2-4-7-15)12-24-27-20(28)11-18-13-29-21(26-18)16-8-5-9-17(23)10-16/h2-10,12-13H,11H2,1H3,(H,27,28)/b24-12-. The van der Waals surface area contributed by atoms with Gasteiger partial charge in [0.2, 0.25) is 5.91 Å². The fourth-order valence-electron chi connectivity index (χ4n) is 2.74. The molecule has 0 aliphatic carbocycles. The monoisotopic (exact) mass is 452 g/mol. The lowest BCUT2D eigenvalue weighted by Gasteiger charge is -1.98. The fourth-order valence-corrected chi connectivity index (χ4v) is 4.69. The van der Waals surface area contributed by atoms with Crippen molar-refractivity contribution < 1.29 is 4.79 Å². The zero-order valence-electron chi connectivity index (χ0n) is 16.0. The summed E-state index contributed by atoms with van der Waals surface area (Å²) in [4.78, 5) is 22.2. The van der Waals surface area contributed by atoms with Crippen molar-refractivity contribution in [3.8, 4) is 21.1 Å². The average Bonchev–Trinajstić information content (AvgIpc) is 3.36. The van der Waals surface area contributed by atoms with Gasteiger partial charge in [0.15, 0.2) is 0 Å². The van der Waals surface area contributed by atoms with Gasteiger partial charge in [-0.05, 0) is 19.1 Å². The lowest BCUT2D eigenvalue weighted by molar-refractivity contribution is -0.120. The zero-order chi connectivity index (χ0) is 20.9. The van der Waals surface area contributed by atoms with Crippen molar-refractivity contribution in [2.24, 2.45) is 5.10 Å². The highest BCUT2D eigenvalue weighted by atomic mass is 35.5. The van der Waals surface area contributed by atoms with E-state index in [0.29, 0.717) is 10.7 Å². The number of halogens is 1. The molecule has 1 N–H and O–H groups in total. The summed E-state index contributed by atoms with van der Waals surface area (Å²) in [6.45, 7) is 1.93. The van der Waals surface area contributed by atoms with E-state index in [0.717, 1.165) is 31.7 Å². The molecule has 0 saturated carbocycles. The van der Waals surface area contributed by atoms with Crippen LogP contribution >= 0.6 is 34.3 Å². The highest BCUT2D eigenvalue weighted by Gasteiger charge is 2.10. The first-order chi connectivity index (χ1) is 14.6. The van der Waals surface area contributed by atoms with E-state index >= 15 is 0 Å². The molecular formula is C22H17ClN4OS2. The van der Waals surface area contributed by atoms with E-state index < -0.39 is 0 Å². The maximum absolute atomic E-state index is 12.2. The number of thiazole rings is 2. The van der Waals surface area contributed by atoms with Gasteiger partial charge in [0, 0.05) is 21.5 Å². The van der Waals surface area contributed by atoms with Crippen molar-refractivity contribution >= 4 is 46.4 Å². The molecule has 1 amide bonds. The predicted octanol–water partition coefficient (Wildman–Crippen LogP) is 5.59. The van der Waals surface area contributed by atoms with Gasteiger partial charge in [0.25, 0.3) is 0 Å². The third kappa shape index (κ3) is 4.99. The number of aromatic nitrogens is 2. The number of rotatable bonds is 6. The maximum Gasteiger partial charge on any atom is 0.246 e. The number of nitrogens with zero attached hydrogens (tertiary/aromatic N) is 3. The van der Waals surface area contributed by atoms with Crippen molar-refractivity contribution in [2.75, 3.05) is 0 Å². The van der Waals surface area contributed by atoms with Gasteiger partial charge in [-0.15, -0.1) is 22.7 Å². The number of hydrogen-bond acceptors (Lipinski definition) is 6. The molecule has 2 aromatic carbocycles. The van der Waals surface area contributed by atoms with Gasteiger partial charge in [0.05, 0.1) is 28.9 Å². The normalized spacial score (nSPS) is 11.1. The Bertz CT molecular complexity index is 1200. The van der Waals surface area contributed by atoms with E-state index in [9.17, 15) is 4.79 Å². The minimum atomic E-state index is -0.223. The summed E-state index contributed by atoms with van der Waals surface area (Å²) in [5, 5.41) is 8.38. The van der Waals surface area contributed by atoms with Crippen molar-refractivity contribution in [1.29, 1.82) is 0 Å². The van der Waals surface area contributed by atoms with Crippen LogP contribution in [0.1, 0.15) is 16.3 Å². The SMILES string of the molecule is Cc1nc(-c2ccccc2)sc1/C=N\NC(=O)Cc1csc(-c2cccc(Cl)c2)n1. The Morgan fingerprint density at radius 2 is 1.90 bits per heavy atom. The van der Waals surface area contributed by atoms with Gasteiger partial charge in [0.1, 0.15) is 10.0 Å².